The summed E-state index contributed by atoms with van der Waals surface area (Å²) in [6.45, 7) is 16.3. The summed E-state index contributed by atoms with van der Waals surface area (Å²) >= 11 is 0. The fourth-order valence-corrected chi connectivity index (χ4v) is 9.14. The number of furan rings is 2. The lowest BCUT2D eigenvalue weighted by atomic mass is 10.0. The first-order valence-electron chi connectivity index (χ1n) is 21.7. The molecule has 0 bridgehead atoms. The molecular formula is C58H42N4O2. The molecule has 11 rings (SSSR count). The van der Waals surface area contributed by atoms with E-state index in [4.69, 9.17) is 15.4 Å². The molecule has 0 amide bonds. The molecule has 0 saturated carbocycles. The molecular weight excluding hydrogens is 785 g/mol. The maximum Gasteiger partial charge on any atom is 0.187 e. The van der Waals surface area contributed by atoms with Crippen LogP contribution in [0.2, 0.25) is 0 Å². The maximum atomic E-state index is 9.50. The molecule has 0 atom stereocenters. The summed E-state index contributed by atoms with van der Waals surface area (Å²) < 4.78 is 13.4. The van der Waals surface area contributed by atoms with Crippen molar-refractivity contribution in [2.24, 2.45) is 0 Å². The van der Waals surface area contributed by atoms with E-state index in [0.29, 0.717) is 23.1 Å². The van der Waals surface area contributed by atoms with Gasteiger partial charge in [-0.1, -0.05) is 76.2 Å². The van der Waals surface area contributed by atoms with Crippen molar-refractivity contribution < 1.29 is 8.83 Å². The Balaban J connectivity index is 0.982. The molecule has 0 aliphatic heterocycles. The highest BCUT2D eigenvalue weighted by Gasteiger charge is 2.20. The Bertz CT molecular complexity index is 3430. The van der Waals surface area contributed by atoms with Crippen LogP contribution in [0.25, 0.3) is 70.3 Å². The summed E-state index contributed by atoms with van der Waals surface area (Å²) in [5, 5.41) is 17.9. The zero-order valence-electron chi connectivity index (χ0n) is 35.9. The first-order valence-corrected chi connectivity index (χ1v) is 21.7. The lowest BCUT2D eigenvalue weighted by Gasteiger charge is -2.26. The Kier molecular flexibility index (Phi) is 9.19. The van der Waals surface area contributed by atoms with E-state index >= 15 is 0 Å². The highest BCUT2D eigenvalue weighted by molar-refractivity contribution is 6.22. The lowest BCUT2D eigenvalue weighted by Crippen LogP contribution is -2.10. The van der Waals surface area contributed by atoms with Crippen LogP contribution >= 0.6 is 0 Å². The Morgan fingerprint density at radius 1 is 0.438 bits per heavy atom. The summed E-state index contributed by atoms with van der Waals surface area (Å²) in [6, 6.07) is 61.2. The first kappa shape index (κ1) is 38.6. The van der Waals surface area contributed by atoms with E-state index in [-0.39, 0.29) is 0 Å². The largest absolute Gasteiger partial charge is 0.455 e. The van der Waals surface area contributed by atoms with Crippen molar-refractivity contribution in [3.05, 3.63) is 198 Å². The van der Waals surface area contributed by atoms with E-state index in [0.717, 1.165) is 99.5 Å². The Morgan fingerprint density at radius 3 is 1.23 bits per heavy atom. The number of rotatable bonds is 8. The Hall–Kier alpha value is -8.32. The van der Waals surface area contributed by atoms with Crippen LogP contribution in [0.15, 0.2) is 179 Å². The zero-order chi connectivity index (χ0) is 43.6. The van der Waals surface area contributed by atoms with Crippen LogP contribution in [0.5, 0.6) is 0 Å². The lowest BCUT2D eigenvalue weighted by molar-refractivity contribution is 0.660. The molecule has 2 aromatic heterocycles. The van der Waals surface area contributed by atoms with E-state index in [1.165, 1.54) is 11.1 Å². The molecule has 0 fully saturated rings. The Morgan fingerprint density at radius 2 is 0.828 bits per heavy atom. The van der Waals surface area contributed by atoms with Crippen molar-refractivity contribution >= 4 is 105 Å². The van der Waals surface area contributed by atoms with Crippen LogP contribution in [0.1, 0.15) is 56.2 Å². The van der Waals surface area contributed by atoms with E-state index in [1.54, 1.807) is 0 Å². The monoisotopic (exact) mass is 826 g/mol. The molecule has 0 aliphatic rings. The summed E-state index contributed by atoms with van der Waals surface area (Å²) in [5.74, 6) is 0.863. The minimum atomic E-state index is 0.430. The van der Waals surface area contributed by atoms with Gasteiger partial charge in [-0.2, -0.15) is 5.26 Å². The molecule has 6 nitrogen and oxygen atoms in total. The van der Waals surface area contributed by atoms with E-state index in [9.17, 15) is 5.26 Å². The second kappa shape index (κ2) is 15.2. The molecule has 306 valence electrons. The summed E-state index contributed by atoms with van der Waals surface area (Å²) in [7, 11) is 0. The van der Waals surface area contributed by atoms with Gasteiger partial charge in [0.15, 0.2) is 5.69 Å². The van der Waals surface area contributed by atoms with Gasteiger partial charge in [-0.05, 0) is 149 Å². The van der Waals surface area contributed by atoms with Gasteiger partial charge in [-0.25, -0.2) is 4.85 Å². The van der Waals surface area contributed by atoms with Crippen molar-refractivity contribution in [1.29, 1.82) is 5.26 Å². The molecule has 9 aromatic carbocycles. The predicted molar refractivity (Wildman–Crippen MR) is 265 cm³/mol. The summed E-state index contributed by atoms with van der Waals surface area (Å²) in [5.41, 5.74) is 13.1. The average molecular weight is 827 g/mol. The van der Waals surface area contributed by atoms with Crippen molar-refractivity contribution in [1.82, 2.24) is 0 Å². The Labute approximate surface area is 371 Å². The molecule has 0 aliphatic carbocycles. The third-order valence-corrected chi connectivity index (χ3v) is 12.6. The number of hydrogen-bond acceptors (Lipinski definition) is 5. The second-order valence-electron chi connectivity index (χ2n) is 17.2. The quantitative estimate of drug-likeness (QED) is 0.143. The number of nitrogens with zero attached hydrogens (tertiary/aromatic N) is 4. The van der Waals surface area contributed by atoms with Gasteiger partial charge < -0.3 is 18.6 Å². The number of anilines is 6. The number of fused-ring (bicyclic) bond motifs is 10. The zero-order valence-corrected chi connectivity index (χ0v) is 35.9. The molecule has 11 aromatic rings. The van der Waals surface area contributed by atoms with Crippen molar-refractivity contribution in [3.8, 4) is 6.07 Å². The van der Waals surface area contributed by atoms with Crippen LogP contribution in [-0.2, 0) is 0 Å². The first-order chi connectivity index (χ1) is 31.2. The standard InChI is InChI=1S/C58H42N4O2/c1-35(2)38-8-18-44(19-9-38)61(43-16-6-37(34-59)7-17-43)47-24-28-49-40(30-47)12-26-51-53-32-54-52-27-13-41-31-48(25-29-50(41)58(52)64-56(54)33-55(53)63-57(49)51)62(46-22-14-42(60-5)15-23-46)45-20-10-39(11-21-45)36(3)4/h6-33,35-36H,1-4H3. The van der Waals surface area contributed by atoms with Crippen molar-refractivity contribution in [3.63, 3.8) is 0 Å². The van der Waals surface area contributed by atoms with Crippen LogP contribution in [0, 0.1) is 17.9 Å². The highest BCUT2D eigenvalue weighted by Crippen LogP contribution is 2.44. The van der Waals surface area contributed by atoms with E-state index in [1.807, 2.05) is 54.6 Å². The number of nitriles is 1. The average Bonchev–Trinajstić information content (AvgIpc) is 3.89. The summed E-state index contributed by atoms with van der Waals surface area (Å²) in [4.78, 5) is 8.09. The number of benzene rings is 9. The molecule has 0 N–H and O–H groups in total. The van der Waals surface area contributed by atoms with Gasteiger partial charge in [-0.3, -0.25) is 0 Å². The van der Waals surface area contributed by atoms with Crippen LogP contribution < -0.4 is 9.80 Å². The van der Waals surface area contributed by atoms with E-state index < -0.39 is 0 Å². The topological polar surface area (TPSA) is 60.9 Å². The van der Waals surface area contributed by atoms with Crippen molar-refractivity contribution in [2.45, 2.75) is 39.5 Å². The molecule has 6 heteroatoms. The van der Waals surface area contributed by atoms with Crippen LogP contribution in [0.3, 0.4) is 0 Å². The van der Waals surface area contributed by atoms with Gasteiger partial charge in [0.05, 0.1) is 18.2 Å². The minimum Gasteiger partial charge on any atom is -0.455 e. The second-order valence-corrected chi connectivity index (χ2v) is 17.2. The molecule has 0 spiro atoms. The minimum absolute atomic E-state index is 0.430. The smallest absolute Gasteiger partial charge is 0.187 e. The SMILES string of the molecule is [C-]#[N+]c1ccc(N(c2ccc(C(C)C)cc2)c2ccc3c(ccc4c5cc6c(cc5oc34)oc3c4ccc(N(c5ccc(C#N)cc5)c5ccc(C(C)C)cc5)cc4ccc63)c2)cc1. The molecule has 2 heterocycles. The van der Waals surface area contributed by atoms with Gasteiger partial charge in [0.2, 0.25) is 0 Å². The molecule has 0 unspecified atom stereocenters. The van der Waals surface area contributed by atoms with Gasteiger partial charge in [0.1, 0.15) is 22.3 Å². The van der Waals surface area contributed by atoms with Gasteiger partial charge in [-0.15, -0.1) is 0 Å². The summed E-state index contributed by atoms with van der Waals surface area (Å²) in [6.07, 6.45) is 0. The number of hydrogen-bond donors (Lipinski definition) is 0. The van der Waals surface area contributed by atoms with Gasteiger partial charge >= 0.3 is 0 Å². The van der Waals surface area contributed by atoms with Crippen LogP contribution in [0.4, 0.5) is 39.8 Å². The third-order valence-electron chi connectivity index (χ3n) is 12.6. The fourth-order valence-electron chi connectivity index (χ4n) is 9.14. The fraction of sp³-hybridized carbons (Fsp3) is 0.103. The highest BCUT2D eigenvalue weighted by atomic mass is 16.3. The van der Waals surface area contributed by atoms with E-state index in [2.05, 4.69) is 164 Å². The molecule has 0 saturated heterocycles. The van der Waals surface area contributed by atoms with Gasteiger partial charge in [0.25, 0.3) is 0 Å². The molecule has 64 heavy (non-hydrogen) atoms. The maximum absolute atomic E-state index is 9.50. The van der Waals surface area contributed by atoms with Crippen molar-refractivity contribution in [2.75, 3.05) is 9.80 Å². The van der Waals surface area contributed by atoms with Crippen LogP contribution in [-0.4, -0.2) is 0 Å². The normalized spacial score (nSPS) is 11.7. The predicted octanol–water partition coefficient (Wildman–Crippen LogP) is 17.4. The molecule has 0 radical (unpaired) electrons. The van der Waals surface area contributed by atoms with Gasteiger partial charge in [0, 0.05) is 72.5 Å². The third kappa shape index (κ3) is 6.48.